The van der Waals surface area contributed by atoms with E-state index in [0.29, 0.717) is 5.92 Å². The molecule has 130 valence electrons. The Hall–Kier alpha value is -2.07. The van der Waals surface area contributed by atoms with Gasteiger partial charge in [-0.2, -0.15) is 0 Å². The molecule has 0 saturated carbocycles. The standard InChI is InChI=1S/C21H22BrNO2/c1-12(2)16-10-17-15(11-25-20(17)8-14(16)4)9-21(24)23-19-6-5-13(3)7-18(19)22/h5-8,10-12H,9H2,1-4H3,(H,23,24). The summed E-state index contributed by atoms with van der Waals surface area (Å²) in [5.74, 6) is 0.378. The van der Waals surface area contributed by atoms with E-state index >= 15 is 0 Å². The minimum atomic E-state index is -0.0566. The Morgan fingerprint density at radius 1 is 1.20 bits per heavy atom. The number of carbonyl (C=O) groups is 1. The predicted molar refractivity (Wildman–Crippen MR) is 106 cm³/mol. The van der Waals surface area contributed by atoms with E-state index < -0.39 is 0 Å². The number of carbonyl (C=O) groups excluding carboxylic acids is 1. The van der Waals surface area contributed by atoms with Gasteiger partial charge in [-0.25, -0.2) is 0 Å². The molecule has 0 radical (unpaired) electrons. The van der Waals surface area contributed by atoms with Crippen molar-refractivity contribution in [1.29, 1.82) is 0 Å². The molecule has 0 bridgehead atoms. The van der Waals surface area contributed by atoms with Crippen molar-refractivity contribution in [1.82, 2.24) is 0 Å². The highest BCUT2D eigenvalue weighted by molar-refractivity contribution is 9.10. The number of anilines is 1. The number of rotatable bonds is 4. The highest BCUT2D eigenvalue weighted by Crippen LogP contribution is 2.29. The average molecular weight is 400 g/mol. The molecule has 0 aliphatic carbocycles. The van der Waals surface area contributed by atoms with Crippen LogP contribution in [0.3, 0.4) is 0 Å². The van der Waals surface area contributed by atoms with E-state index in [1.54, 1.807) is 6.26 Å². The van der Waals surface area contributed by atoms with E-state index in [0.717, 1.165) is 32.3 Å². The van der Waals surface area contributed by atoms with Crippen molar-refractivity contribution in [2.75, 3.05) is 5.32 Å². The van der Waals surface area contributed by atoms with Gasteiger partial charge in [0.1, 0.15) is 5.58 Å². The molecule has 0 aliphatic rings. The summed E-state index contributed by atoms with van der Waals surface area (Å²) in [5.41, 5.74) is 6.18. The fraction of sp³-hybridized carbons (Fsp3) is 0.286. The van der Waals surface area contributed by atoms with Crippen LogP contribution >= 0.6 is 15.9 Å². The van der Waals surface area contributed by atoms with Crippen LogP contribution in [-0.4, -0.2) is 5.91 Å². The molecule has 0 unspecified atom stereocenters. The first kappa shape index (κ1) is 17.7. The molecule has 0 fully saturated rings. The van der Waals surface area contributed by atoms with Gasteiger partial charge in [-0.15, -0.1) is 0 Å². The number of amides is 1. The van der Waals surface area contributed by atoms with Crippen molar-refractivity contribution < 1.29 is 9.21 Å². The number of nitrogens with one attached hydrogen (secondary N) is 1. The molecule has 0 saturated heterocycles. The van der Waals surface area contributed by atoms with Gasteiger partial charge in [-0.3, -0.25) is 4.79 Å². The van der Waals surface area contributed by atoms with Crippen molar-refractivity contribution in [3.8, 4) is 0 Å². The molecule has 3 rings (SSSR count). The van der Waals surface area contributed by atoms with Crippen LogP contribution in [0.4, 0.5) is 5.69 Å². The number of benzene rings is 2. The van der Waals surface area contributed by atoms with Gasteiger partial charge >= 0.3 is 0 Å². The molecule has 1 N–H and O–H groups in total. The Morgan fingerprint density at radius 3 is 2.64 bits per heavy atom. The predicted octanol–water partition coefficient (Wildman–Crippen LogP) is 6.12. The van der Waals surface area contributed by atoms with Crippen molar-refractivity contribution >= 4 is 38.5 Å². The van der Waals surface area contributed by atoms with Crippen molar-refractivity contribution in [3.63, 3.8) is 0 Å². The lowest BCUT2D eigenvalue weighted by Crippen LogP contribution is -2.14. The normalized spacial score (nSPS) is 11.3. The molecule has 25 heavy (non-hydrogen) atoms. The first-order chi connectivity index (χ1) is 11.8. The summed E-state index contributed by atoms with van der Waals surface area (Å²) < 4.78 is 6.55. The minimum absolute atomic E-state index is 0.0566. The molecule has 0 aliphatic heterocycles. The lowest BCUT2D eigenvalue weighted by atomic mass is 9.95. The maximum absolute atomic E-state index is 12.5. The number of furan rings is 1. The highest BCUT2D eigenvalue weighted by Gasteiger charge is 2.14. The smallest absolute Gasteiger partial charge is 0.228 e. The summed E-state index contributed by atoms with van der Waals surface area (Å²) in [7, 11) is 0. The zero-order chi connectivity index (χ0) is 18.1. The second-order valence-electron chi connectivity index (χ2n) is 6.83. The summed E-state index contributed by atoms with van der Waals surface area (Å²) >= 11 is 3.49. The summed E-state index contributed by atoms with van der Waals surface area (Å²) in [5, 5.41) is 3.98. The third-order valence-electron chi connectivity index (χ3n) is 4.41. The Labute approximate surface area is 156 Å². The zero-order valence-electron chi connectivity index (χ0n) is 14.9. The largest absolute Gasteiger partial charge is 0.464 e. The molecule has 0 spiro atoms. The van der Waals surface area contributed by atoms with Gasteiger partial charge in [-0.1, -0.05) is 19.9 Å². The number of fused-ring (bicyclic) bond motifs is 1. The van der Waals surface area contributed by atoms with Gasteiger partial charge in [0.15, 0.2) is 0 Å². The van der Waals surface area contributed by atoms with E-state index in [9.17, 15) is 4.79 Å². The van der Waals surface area contributed by atoms with E-state index in [4.69, 9.17) is 4.42 Å². The van der Waals surface area contributed by atoms with E-state index in [-0.39, 0.29) is 12.3 Å². The van der Waals surface area contributed by atoms with Crippen LogP contribution in [0.1, 0.15) is 42.0 Å². The summed E-state index contributed by atoms with van der Waals surface area (Å²) in [6.07, 6.45) is 1.98. The molecule has 1 aromatic heterocycles. The molecule has 2 aromatic carbocycles. The topological polar surface area (TPSA) is 42.2 Å². The Bertz CT molecular complexity index is 940. The third-order valence-corrected chi connectivity index (χ3v) is 5.07. The summed E-state index contributed by atoms with van der Waals surface area (Å²) in [4.78, 5) is 12.5. The lowest BCUT2D eigenvalue weighted by molar-refractivity contribution is -0.115. The van der Waals surface area contributed by atoms with Crippen LogP contribution < -0.4 is 5.32 Å². The Morgan fingerprint density at radius 2 is 1.96 bits per heavy atom. The molecule has 0 atom stereocenters. The van der Waals surface area contributed by atoms with Crippen LogP contribution in [0.15, 0.2) is 45.5 Å². The second-order valence-corrected chi connectivity index (χ2v) is 7.68. The van der Waals surface area contributed by atoms with Crippen molar-refractivity contribution in [2.24, 2.45) is 0 Å². The van der Waals surface area contributed by atoms with Gasteiger partial charge in [0.25, 0.3) is 0 Å². The summed E-state index contributed by atoms with van der Waals surface area (Å²) in [6, 6.07) is 10.1. The van der Waals surface area contributed by atoms with Crippen LogP contribution in [0, 0.1) is 13.8 Å². The van der Waals surface area contributed by atoms with Crippen LogP contribution in [0.5, 0.6) is 0 Å². The number of hydrogen-bond donors (Lipinski definition) is 1. The maximum atomic E-state index is 12.5. The molecule has 1 amide bonds. The first-order valence-electron chi connectivity index (χ1n) is 8.41. The number of halogens is 1. The van der Waals surface area contributed by atoms with Gasteiger partial charge in [0.2, 0.25) is 5.91 Å². The molecular formula is C21H22BrNO2. The van der Waals surface area contributed by atoms with Crippen molar-refractivity contribution in [2.45, 2.75) is 40.0 Å². The van der Waals surface area contributed by atoms with Gasteiger partial charge in [-0.05, 0) is 76.7 Å². The molecule has 3 nitrogen and oxygen atoms in total. The molecule has 3 aromatic rings. The average Bonchev–Trinajstić information content (AvgIpc) is 2.91. The van der Waals surface area contributed by atoms with Crippen molar-refractivity contribution in [3.05, 3.63) is 63.3 Å². The lowest BCUT2D eigenvalue weighted by Gasteiger charge is -2.10. The minimum Gasteiger partial charge on any atom is -0.464 e. The SMILES string of the molecule is Cc1ccc(NC(=O)Cc2coc3cc(C)c(C(C)C)cc23)c(Br)c1. The number of hydrogen-bond acceptors (Lipinski definition) is 2. The van der Waals surface area contributed by atoms with Gasteiger partial charge in [0.05, 0.1) is 18.4 Å². The third kappa shape index (κ3) is 3.79. The molecule has 4 heteroatoms. The van der Waals surface area contributed by atoms with Gasteiger partial charge in [0, 0.05) is 15.4 Å². The second kappa shape index (κ2) is 7.04. The van der Waals surface area contributed by atoms with Crippen LogP contribution in [-0.2, 0) is 11.2 Å². The number of aryl methyl sites for hydroxylation is 2. The van der Waals surface area contributed by atoms with E-state index in [1.165, 1.54) is 11.1 Å². The molecule has 1 heterocycles. The summed E-state index contributed by atoms with van der Waals surface area (Å²) in [6.45, 7) is 8.46. The maximum Gasteiger partial charge on any atom is 0.228 e. The Kier molecular flexibility index (Phi) is 5.00. The zero-order valence-corrected chi connectivity index (χ0v) is 16.5. The molecular weight excluding hydrogens is 378 g/mol. The van der Waals surface area contributed by atoms with E-state index in [1.807, 2.05) is 25.1 Å². The Balaban J connectivity index is 1.85. The quantitative estimate of drug-likeness (QED) is 0.574. The van der Waals surface area contributed by atoms with Crippen LogP contribution in [0.25, 0.3) is 11.0 Å². The van der Waals surface area contributed by atoms with E-state index in [2.05, 4.69) is 54.2 Å². The fourth-order valence-corrected chi connectivity index (χ4v) is 3.68. The van der Waals surface area contributed by atoms with Gasteiger partial charge < -0.3 is 9.73 Å². The monoisotopic (exact) mass is 399 g/mol. The van der Waals surface area contributed by atoms with Crippen LogP contribution in [0.2, 0.25) is 0 Å². The fourth-order valence-electron chi connectivity index (χ4n) is 3.09. The first-order valence-corrected chi connectivity index (χ1v) is 9.21. The highest BCUT2D eigenvalue weighted by atomic mass is 79.9.